The molecule has 0 radical (unpaired) electrons. The molecule has 3 rings (SSSR count). The summed E-state index contributed by atoms with van der Waals surface area (Å²) >= 11 is 3.05. The van der Waals surface area contributed by atoms with E-state index in [0.717, 1.165) is 39.9 Å². The minimum atomic E-state index is -4.33. The van der Waals surface area contributed by atoms with E-state index in [1.807, 2.05) is 18.5 Å². The van der Waals surface area contributed by atoms with Crippen LogP contribution in [0.3, 0.4) is 0 Å². The Hall–Kier alpha value is -1.57. The van der Waals surface area contributed by atoms with E-state index >= 15 is 0 Å². The van der Waals surface area contributed by atoms with Crippen molar-refractivity contribution in [2.75, 3.05) is 19.1 Å². The maximum Gasteiger partial charge on any atom is 0.416 e. The Morgan fingerprint density at radius 3 is 2.46 bits per heavy atom. The number of nitrogens with one attached hydrogen (secondary N) is 1. The van der Waals surface area contributed by atoms with E-state index in [0.29, 0.717) is 13.0 Å². The molecule has 0 saturated carbocycles. The number of alkyl halides is 3. The highest BCUT2D eigenvalue weighted by Crippen LogP contribution is 2.37. The smallest absolute Gasteiger partial charge is 0.361 e. The van der Waals surface area contributed by atoms with Crippen molar-refractivity contribution in [3.63, 3.8) is 0 Å². The van der Waals surface area contributed by atoms with Crippen molar-refractivity contribution >= 4 is 34.7 Å². The van der Waals surface area contributed by atoms with Gasteiger partial charge in [-0.25, -0.2) is 0 Å². The monoisotopic (exact) mass is 425 g/mol. The Kier molecular flexibility index (Phi) is 7.01. The molecule has 150 valence electrons. The van der Waals surface area contributed by atoms with Crippen LogP contribution in [0.2, 0.25) is 0 Å². The fourth-order valence-electron chi connectivity index (χ4n) is 3.46. The first-order valence-electron chi connectivity index (χ1n) is 8.86. The van der Waals surface area contributed by atoms with E-state index in [4.69, 9.17) is 4.18 Å². The van der Waals surface area contributed by atoms with Crippen molar-refractivity contribution in [2.45, 2.75) is 24.3 Å². The molecule has 1 atom stereocenters. The molecule has 1 unspecified atom stereocenters. The average molecular weight is 426 g/mol. The summed E-state index contributed by atoms with van der Waals surface area (Å²) in [6.45, 7) is 0.518. The number of benzene rings is 2. The molecule has 0 amide bonds. The number of hydrogen-bond donors (Lipinski definition) is 1. The van der Waals surface area contributed by atoms with Crippen molar-refractivity contribution in [1.29, 1.82) is 0 Å². The highest BCUT2D eigenvalue weighted by Gasteiger charge is 2.30. The standard InChI is InChI=1S/C21H22F3NOS2/c1-27-13-15-4-3-5-18-19(12-25-20(15)18)17(10-11-26-28-2)14-6-8-16(9-7-14)21(22,23)24/h3-9,12,17,25H,10-11,13H2,1-2H3. The van der Waals surface area contributed by atoms with Crippen molar-refractivity contribution in [2.24, 2.45) is 0 Å². The van der Waals surface area contributed by atoms with Gasteiger partial charge in [0, 0.05) is 35.0 Å². The zero-order chi connectivity index (χ0) is 20.1. The van der Waals surface area contributed by atoms with Crippen LogP contribution < -0.4 is 0 Å². The summed E-state index contributed by atoms with van der Waals surface area (Å²) in [5.41, 5.74) is 3.63. The first kappa shape index (κ1) is 21.1. The van der Waals surface area contributed by atoms with Crippen LogP contribution in [0, 0.1) is 0 Å². The summed E-state index contributed by atoms with van der Waals surface area (Å²) in [5, 5.41) is 1.11. The number of rotatable bonds is 8. The van der Waals surface area contributed by atoms with Gasteiger partial charge in [-0.05, 0) is 53.5 Å². The number of aromatic nitrogens is 1. The second kappa shape index (κ2) is 9.29. The molecule has 0 bridgehead atoms. The third-order valence-corrected chi connectivity index (χ3v) is 5.76. The Labute approximate surface area is 171 Å². The Morgan fingerprint density at radius 2 is 1.82 bits per heavy atom. The summed E-state index contributed by atoms with van der Waals surface area (Å²) in [6, 6.07) is 11.7. The van der Waals surface area contributed by atoms with Crippen LogP contribution in [0.5, 0.6) is 0 Å². The zero-order valence-corrected chi connectivity index (χ0v) is 17.3. The van der Waals surface area contributed by atoms with Gasteiger partial charge >= 0.3 is 6.18 Å². The van der Waals surface area contributed by atoms with Crippen LogP contribution in [0.15, 0.2) is 48.7 Å². The molecule has 1 heterocycles. The van der Waals surface area contributed by atoms with Gasteiger partial charge in [0.1, 0.15) is 0 Å². The molecule has 0 spiro atoms. The molecule has 3 aromatic rings. The van der Waals surface area contributed by atoms with E-state index in [-0.39, 0.29) is 5.92 Å². The largest absolute Gasteiger partial charge is 0.416 e. The van der Waals surface area contributed by atoms with Gasteiger partial charge in [-0.3, -0.25) is 0 Å². The van der Waals surface area contributed by atoms with Crippen LogP contribution in [0.25, 0.3) is 10.9 Å². The van der Waals surface area contributed by atoms with E-state index in [1.54, 1.807) is 23.9 Å². The van der Waals surface area contributed by atoms with Gasteiger partial charge in [0.05, 0.1) is 12.2 Å². The molecule has 0 fully saturated rings. The maximum atomic E-state index is 12.9. The highest BCUT2D eigenvalue weighted by molar-refractivity contribution is 7.97. The van der Waals surface area contributed by atoms with Crippen LogP contribution in [-0.4, -0.2) is 24.1 Å². The van der Waals surface area contributed by atoms with Gasteiger partial charge < -0.3 is 9.17 Å². The number of aromatic amines is 1. The predicted molar refractivity (Wildman–Crippen MR) is 113 cm³/mol. The molecule has 0 aliphatic heterocycles. The van der Waals surface area contributed by atoms with Gasteiger partial charge in [-0.2, -0.15) is 24.9 Å². The SMILES string of the molecule is CSCc1cccc2c(C(CCOSC)c3ccc(C(F)(F)F)cc3)c[nH]c12. The maximum absolute atomic E-state index is 12.9. The van der Waals surface area contributed by atoms with E-state index in [1.165, 1.54) is 17.6 Å². The first-order chi connectivity index (χ1) is 13.5. The van der Waals surface area contributed by atoms with Gasteiger partial charge in [-0.15, -0.1) is 0 Å². The molecule has 1 aromatic heterocycles. The molecule has 0 aliphatic rings. The molecular weight excluding hydrogens is 403 g/mol. The highest BCUT2D eigenvalue weighted by atomic mass is 32.2. The zero-order valence-electron chi connectivity index (χ0n) is 15.7. The van der Waals surface area contributed by atoms with Gasteiger partial charge in [0.15, 0.2) is 0 Å². The van der Waals surface area contributed by atoms with Gasteiger partial charge in [-0.1, -0.05) is 30.3 Å². The van der Waals surface area contributed by atoms with Crippen LogP contribution >= 0.6 is 23.8 Å². The quantitative estimate of drug-likeness (QED) is 0.315. The topological polar surface area (TPSA) is 25.0 Å². The van der Waals surface area contributed by atoms with E-state index in [9.17, 15) is 13.2 Å². The number of para-hydroxylation sites is 1. The van der Waals surface area contributed by atoms with Gasteiger partial charge in [0.25, 0.3) is 0 Å². The number of thioether (sulfide) groups is 1. The summed E-state index contributed by atoms with van der Waals surface area (Å²) in [7, 11) is 0. The van der Waals surface area contributed by atoms with Crippen molar-refractivity contribution in [3.05, 3.63) is 70.9 Å². The molecule has 2 aromatic carbocycles. The Bertz CT molecular complexity index is 906. The number of halogens is 3. The summed E-state index contributed by atoms with van der Waals surface area (Å²) < 4.78 is 44.3. The lowest BCUT2D eigenvalue weighted by molar-refractivity contribution is -0.137. The average Bonchev–Trinajstić information content (AvgIpc) is 3.10. The van der Waals surface area contributed by atoms with Crippen LogP contribution in [0.4, 0.5) is 13.2 Å². The lowest BCUT2D eigenvalue weighted by Crippen LogP contribution is -2.07. The third kappa shape index (κ3) is 4.70. The normalized spacial score (nSPS) is 13.2. The van der Waals surface area contributed by atoms with Crippen LogP contribution in [-0.2, 0) is 16.1 Å². The fraction of sp³-hybridized carbons (Fsp3) is 0.333. The second-order valence-corrected chi connectivity index (χ2v) is 7.90. The summed E-state index contributed by atoms with van der Waals surface area (Å²) in [4.78, 5) is 3.38. The number of fused-ring (bicyclic) bond motifs is 1. The second-order valence-electron chi connectivity index (χ2n) is 6.47. The van der Waals surface area contributed by atoms with Crippen molar-refractivity contribution in [3.8, 4) is 0 Å². The molecule has 28 heavy (non-hydrogen) atoms. The molecule has 2 nitrogen and oxygen atoms in total. The van der Waals surface area contributed by atoms with Gasteiger partial charge in [0.2, 0.25) is 0 Å². The van der Waals surface area contributed by atoms with E-state index in [2.05, 4.69) is 23.4 Å². The summed E-state index contributed by atoms with van der Waals surface area (Å²) in [5.74, 6) is 0.852. The lowest BCUT2D eigenvalue weighted by atomic mass is 9.88. The van der Waals surface area contributed by atoms with Crippen molar-refractivity contribution in [1.82, 2.24) is 4.98 Å². The first-order valence-corrected chi connectivity index (χ1v) is 11.4. The van der Waals surface area contributed by atoms with E-state index < -0.39 is 11.7 Å². The third-order valence-electron chi connectivity index (χ3n) is 4.76. The minimum absolute atomic E-state index is 0.0484. The van der Waals surface area contributed by atoms with Crippen LogP contribution in [0.1, 0.15) is 34.6 Å². The molecule has 0 aliphatic carbocycles. The van der Waals surface area contributed by atoms with Crippen molar-refractivity contribution < 1.29 is 17.4 Å². The Morgan fingerprint density at radius 1 is 1.07 bits per heavy atom. The fourth-order valence-corrected chi connectivity index (χ4v) is 4.27. The summed E-state index contributed by atoms with van der Waals surface area (Å²) in [6.07, 6.45) is 2.26. The predicted octanol–water partition coefficient (Wildman–Crippen LogP) is 6.87. The molecule has 7 heteroatoms. The number of hydrogen-bond acceptors (Lipinski definition) is 3. The lowest BCUT2D eigenvalue weighted by Gasteiger charge is -2.18. The molecule has 1 N–H and O–H groups in total. The number of H-pyrrole nitrogens is 1. The Balaban J connectivity index is 2.01. The minimum Gasteiger partial charge on any atom is -0.361 e. The molecular formula is C21H22F3NOS2. The molecule has 0 saturated heterocycles.